The molecule has 0 spiro atoms. The zero-order chi connectivity index (χ0) is 13.3. The summed E-state index contributed by atoms with van der Waals surface area (Å²) >= 11 is 0. The van der Waals surface area contributed by atoms with Crippen LogP contribution in [-0.4, -0.2) is 22.5 Å². The maximum atomic E-state index is 12.0. The molecule has 4 heteroatoms. The predicted molar refractivity (Wildman–Crippen MR) is 65.6 cm³/mol. The van der Waals surface area contributed by atoms with Crippen LogP contribution in [0.15, 0.2) is 0 Å². The predicted octanol–water partition coefficient (Wildman–Crippen LogP) is 2.18. The van der Waals surface area contributed by atoms with Crippen molar-refractivity contribution in [2.75, 3.05) is 0 Å². The molecule has 1 saturated carbocycles. The third-order valence-electron chi connectivity index (χ3n) is 3.90. The molecule has 0 heterocycles. The lowest BCUT2D eigenvalue weighted by Crippen LogP contribution is -2.45. The molecule has 0 aromatic rings. The number of carboxylic acids is 1. The first-order chi connectivity index (χ1) is 7.70. The number of hydrogen-bond acceptors (Lipinski definition) is 2. The van der Waals surface area contributed by atoms with Gasteiger partial charge in [-0.15, -0.1) is 0 Å². The molecule has 1 fully saturated rings. The molecule has 1 aliphatic carbocycles. The Morgan fingerprint density at radius 2 is 2.06 bits per heavy atom. The fraction of sp³-hybridized carbons (Fsp3) is 0.846. The smallest absolute Gasteiger partial charge is 0.303 e. The summed E-state index contributed by atoms with van der Waals surface area (Å²) < 4.78 is 0. The monoisotopic (exact) mass is 241 g/mol. The molecule has 0 saturated heterocycles. The second-order valence-corrected chi connectivity index (χ2v) is 6.03. The quantitative estimate of drug-likeness (QED) is 0.749. The van der Waals surface area contributed by atoms with Gasteiger partial charge in [0.05, 0.1) is 0 Å². The van der Waals surface area contributed by atoms with Gasteiger partial charge in [0.2, 0.25) is 5.91 Å². The van der Waals surface area contributed by atoms with Crippen LogP contribution in [0, 0.1) is 11.3 Å². The Bertz CT molecular complexity index is 325. The zero-order valence-corrected chi connectivity index (χ0v) is 11.2. The Morgan fingerprint density at radius 1 is 1.47 bits per heavy atom. The SMILES string of the molecule is CCC1(C)CC1C(=O)NC(C)(C)CCC(=O)O. The third-order valence-corrected chi connectivity index (χ3v) is 3.90. The average Bonchev–Trinajstić information content (AvgIpc) is 2.89. The number of rotatable bonds is 6. The van der Waals surface area contributed by atoms with E-state index in [9.17, 15) is 9.59 Å². The molecule has 0 aliphatic heterocycles. The van der Waals surface area contributed by atoms with Crippen LogP contribution in [0.25, 0.3) is 0 Å². The number of hydrogen-bond donors (Lipinski definition) is 2. The first kappa shape index (κ1) is 14.0. The molecule has 0 radical (unpaired) electrons. The number of nitrogens with one attached hydrogen (secondary N) is 1. The molecule has 1 aliphatic rings. The molecule has 0 bridgehead atoms. The first-order valence-electron chi connectivity index (χ1n) is 6.24. The normalized spacial score (nSPS) is 27.6. The molecule has 1 amide bonds. The van der Waals surface area contributed by atoms with Gasteiger partial charge in [0, 0.05) is 17.9 Å². The maximum absolute atomic E-state index is 12.0. The number of amides is 1. The number of carbonyl (C=O) groups is 2. The van der Waals surface area contributed by atoms with Crippen molar-refractivity contribution in [1.29, 1.82) is 0 Å². The van der Waals surface area contributed by atoms with Gasteiger partial charge in [-0.25, -0.2) is 0 Å². The van der Waals surface area contributed by atoms with Gasteiger partial charge in [-0.3, -0.25) is 9.59 Å². The van der Waals surface area contributed by atoms with Crippen LogP contribution in [0.3, 0.4) is 0 Å². The topological polar surface area (TPSA) is 66.4 Å². The third kappa shape index (κ3) is 3.72. The Labute approximate surface area is 103 Å². The molecule has 17 heavy (non-hydrogen) atoms. The van der Waals surface area contributed by atoms with E-state index in [4.69, 9.17) is 5.11 Å². The highest BCUT2D eigenvalue weighted by molar-refractivity contribution is 5.83. The van der Waals surface area contributed by atoms with E-state index in [-0.39, 0.29) is 23.7 Å². The van der Waals surface area contributed by atoms with Gasteiger partial charge < -0.3 is 10.4 Å². The zero-order valence-electron chi connectivity index (χ0n) is 11.2. The summed E-state index contributed by atoms with van der Waals surface area (Å²) in [5, 5.41) is 11.6. The summed E-state index contributed by atoms with van der Waals surface area (Å²) in [7, 11) is 0. The van der Waals surface area contributed by atoms with Crippen LogP contribution in [0.2, 0.25) is 0 Å². The highest BCUT2D eigenvalue weighted by atomic mass is 16.4. The first-order valence-corrected chi connectivity index (χ1v) is 6.24. The fourth-order valence-corrected chi connectivity index (χ4v) is 2.11. The van der Waals surface area contributed by atoms with Gasteiger partial charge in [-0.2, -0.15) is 0 Å². The lowest BCUT2D eigenvalue weighted by molar-refractivity contribution is -0.138. The molecule has 4 nitrogen and oxygen atoms in total. The minimum atomic E-state index is -0.822. The summed E-state index contributed by atoms with van der Waals surface area (Å²) in [5.41, 5.74) is -0.278. The van der Waals surface area contributed by atoms with Crippen molar-refractivity contribution in [2.45, 2.75) is 58.9 Å². The van der Waals surface area contributed by atoms with E-state index in [1.54, 1.807) is 0 Å². The van der Waals surface area contributed by atoms with Crippen LogP contribution in [-0.2, 0) is 9.59 Å². The Kier molecular flexibility index (Phi) is 3.84. The van der Waals surface area contributed by atoms with Crippen molar-refractivity contribution >= 4 is 11.9 Å². The van der Waals surface area contributed by atoms with E-state index >= 15 is 0 Å². The number of carbonyl (C=O) groups excluding carboxylic acids is 1. The minimum Gasteiger partial charge on any atom is -0.481 e. The van der Waals surface area contributed by atoms with Crippen LogP contribution in [0.5, 0.6) is 0 Å². The van der Waals surface area contributed by atoms with Crippen molar-refractivity contribution in [3.63, 3.8) is 0 Å². The van der Waals surface area contributed by atoms with E-state index in [1.165, 1.54) is 0 Å². The average molecular weight is 241 g/mol. The van der Waals surface area contributed by atoms with Gasteiger partial charge in [0.25, 0.3) is 0 Å². The lowest BCUT2D eigenvalue weighted by Gasteiger charge is -2.26. The Hall–Kier alpha value is -1.06. The second kappa shape index (κ2) is 4.67. The summed E-state index contributed by atoms with van der Waals surface area (Å²) in [4.78, 5) is 22.5. The van der Waals surface area contributed by atoms with Gasteiger partial charge in [-0.1, -0.05) is 13.8 Å². The van der Waals surface area contributed by atoms with Crippen LogP contribution in [0.1, 0.15) is 53.4 Å². The van der Waals surface area contributed by atoms with Gasteiger partial charge in [0.1, 0.15) is 0 Å². The lowest BCUT2D eigenvalue weighted by atomic mass is 9.97. The van der Waals surface area contributed by atoms with Crippen LogP contribution >= 0.6 is 0 Å². The molecule has 0 aromatic heterocycles. The van der Waals surface area contributed by atoms with Crippen molar-refractivity contribution in [2.24, 2.45) is 11.3 Å². The van der Waals surface area contributed by atoms with E-state index in [0.717, 1.165) is 12.8 Å². The summed E-state index contributed by atoms with van der Waals surface area (Å²) in [6.45, 7) is 7.98. The molecule has 2 atom stereocenters. The summed E-state index contributed by atoms with van der Waals surface area (Å²) in [6, 6.07) is 0. The molecule has 2 unspecified atom stereocenters. The highest BCUT2D eigenvalue weighted by Gasteiger charge is 2.53. The standard InChI is InChI=1S/C13H23NO3/c1-5-13(4)8-9(13)11(17)14-12(2,3)7-6-10(15)16/h9H,5-8H2,1-4H3,(H,14,17)(H,15,16). The summed E-state index contributed by atoms with van der Waals surface area (Å²) in [6.07, 6.45) is 2.51. The molecule has 0 aromatic carbocycles. The Morgan fingerprint density at radius 3 is 2.47 bits per heavy atom. The molecule has 2 N–H and O–H groups in total. The number of carboxylic acid groups (broad SMARTS) is 1. The molecule has 98 valence electrons. The van der Waals surface area contributed by atoms with Crippen molar-refractivity contribution in [3.05, 3.63) is 0 Å². The van der Waals surface area contributed by atoms with E-state index in [1.807, 2.05) is 13.8 Å². The van der Waals surface area contributed by atoms with E-state index < -0.39 is 11.5 Å². The molecular weight excluding hydrogens is 218 g/mol. The van der Waals surface area contributed by atoms with Crippen molar-refractivity contribution in [3.8, 4) is 0 Å². The van der Waals surface area contributed by atoms with Crippen molar-refractivity contribution < 1.29 is 14.7 Å². The van der Waals surface area contributed by atoms with Gasteiger partial charge in [-0.05, 0) is 38.5 Å². The second-order valence-electron chi connectivity index (χ2n) is 6.03. The minimum absolute atomic E-state index is 0.0738. The Balaban J connectivity index is 2.43. The van der Waals surface area contributed by atoms with Crippen LogP contribution in [0.4, 0.5) is 0 Å². The number of aliphatic carboxylic acids is 1. The fourth-order valence-electron chi connectivity index (χ4n) is 2.11. The van der Waals surface area contributed by atoms with Gasteiger partial charge >= 0.3 is 5.97 Å². The van der Waals surface area contributed by atoms with E-state index in [0.29, 0.717) is 6.42 Å². The summed E-state index contributed by atoms with van der Waals surface area (Å²) in [5.74, 6) is -0.640. The van der Waals surface area contributed by atoms with E-state index in [2.05, 4.69) is 19.2 Å². The van der Waals surface area contributed by atoms with Crippen LogP contribution < -0.4 is 5.32 Å². The molecule has 1 rings (SSSR count). The largest absolute Gasteiger partial charge is 0.481 e. The van der Waals surface area contributed by atoms with Crippen molar-refractivity contribution in [1.82, 2.24) is 5.32 Å². The maximum Gasteiger partial charge on any atom is 0.303 e. The van der Waals surface area contributed by atoms with Gasteiger partial charge in [0.15, 0.2) is 0 Å². The molecular formula is C13H23NO3. The highest BCUT2D eigenvalue weighted by Crippen LogP contribution is 2.54.